The maximum atomic E-state index is 5.77. The minimum atomic E-state index is 0.546. The predicted octanol–water partition coefficient (Wildman–Crippen LogP) is 1.91. The van der Waals surface area contributed by atoms with Gasteiger partial charge in [-0.2, -0.15) is 0 Å². The summed E-state index contributed by atoms with van der Waals surface area (Å²) in [5, 5.41) is 0. The van der Waals surface area contributed by atoms with Crippen molar-refractivity contribution in [1.82, 2.24) is 9.97 Å². The summed E-state index contributed by atoms with van der Waals surface area (Å²) in [7, 11) is 0. The van der Waals surface area contributed by atoms with E-state index in [4.69, 9.17) is 10.2 Å². The lowest BCUT2D eigenvalue weighted by atomic mass is 9.99. The highest BCUT2D eigenvalue weighted by molar-refractivity contribution is 5.53. The van der Waals surface area contributed by atoms with Gasteiger partial charge in [0, 0.05) is 19.3 Å². The maximum Gasteiger partial charge on any atom is 0.225 e. The average molecular weight is 258 g/mol. The molecule has 100 valence electrons. The summed E-state index contributed by atoms with van der Waals surface area (Å²) >= 11 is 0. The first-order valence-corrected chi connectivity index (χ1v) is 6.69. The Balaban J connectivity index is 1.83. The molecule has 3 heterocycles. The second-order valence-electron chi connectivity index (χ2n) is 4.91. The number of nitrogens with zero attached hydrogens (tertiary/aromatic N) is 3. The van der Waals surface area contributed by atoms with E-state index in [9.17, 15) is 0 Å². The molecule has 1 fully saturated rings. The topological polar surface area (TPSA) is 68.2 Å². The third-order valence-corrected chi connectivity index (χ3v) is 3.55. The number of piperidine rings is 1. The Morgan fingerprint density at radius 2 is 2.37 bits per heavy atom. The molecule has 0 aromatic carbocycles. The molecule has 0 spiro atoms. The molecular formula is C14H18N4O. The van der Waals surface area contributed by atoms with Crippen LogP contribution in [0, 0.1) is 5.92 Å². The molecule has 2 aromatic heterocycles. The lowest BCUT2D eigenvalue weighted by Crippen LogP contribution is -2.39. The van der Waals surface area contributed by atoms with Gasteiger partial charge in [-0.15, -0.1) is 0 Å². The Kier molecular flexibility index (Phi) is 3.46. The number of hydrogen-bond acceptors (Lipinski definition) is 5. The summed E-state index contributed by atoms with van der Waals surface area (Å²) in [5.74, 6) is 2.09. The van der Waals surface area contributed by atoms with E-state index in [1.165, 1.54) is 6.42 Å². The molecule has 2 N–H and O–H groups in total. The van der Waals surface area contributed by atoms with E-state index in [0.29, 0.717) is 5.92 Å². The van der Waals surface area contributed by atoms with Gasteiger partial charge in [-0.1, -0.05) is 0 Å². The third kappa shape index (κ3) is 2.61. The third-order valence-electron chi connectivity index (χ3n) is 3.55. The molecule has 1 unspecified atom stereocenters. The van der Waals surface area contributed by atoms with Crippen molar-refractivity contribution in [3.05, 3.63) is 30.7 Å². The lowest BCUT2D eigenvalue weighted by Gasteiger charge is -2.32. The number of anilines is 1. The van der Waals surface area contributed by atoms with Crippen molar-refractivity contribution in [3.63, 3.8) is 0 Å². The smallest absolute Gasteiger partial charge is 0.225 e. The van der Waals surface area contributed by atoms with Gasteiger partial charge in [0.15, 0.2) is 5.76 Å². The predicted molar refractivity (Wildman–Crippen MR) is 73.7 cm³/mol. The Labute approximate surface area is 112 Å². The Morgan fingerprint density at radius 3 is 3.16 bits per heavy atom. The van der Waals surface area contributed by atoms with Crippen LogP contribution in [0.4, 0.5) is 5.95 Å². The minimum Gasteiger partial charge on any atom is -0.463 e. The highest BCUT2D eigenvalue weighted by atomic mass is 16.3. The summed E-state index contributed by atoms with van der Waals surface area (Å²) in [6.45, 7) is 2.67. The first-order chi connectivity index (χ1) is 9.36. The van der Waals surface area contributed by atoms with Crippen LogP contribution in [-0.4, -0.2) is 29.6 Å². The monoisotopic (exact) mass is 258 g/mol. The summed E-state index contributed by atoms with van der Waals surface area (Å²) in [4.78, 5) is 11.2. The van der Waals surface area contributed by atoms with E-state index in [1.807, 2.05) is 18.2 Å². The van der Waals surface area contributed by atoms with Gasteiger partial charge in [-0.25, -0.2) is 9.97 Å². The lowest BCUT2D eigenvalue weighted by molar-refractivity contribution is 0.419. The standard InChI is InChI=1S/C14H18N4O/c15-9-11-3-1-7-18(10-11)14-16-6-5-12(17-14)13-4-2-8-19-13/h2,4-6,8,11H,1,3,7,9-10,15H2. The number of furan rings is 1. The number of rotatable bonds is 3. The Hall–Kier alpha value is -1.88. The summed E-state index contributed by atoms with van der Waals surface area (Å²) in [5.41, 5.74) is 6.59. The van der Waals surface area contributed by atoms with Crippen LogP contribution in [0.25, 0.3) is 11.5 Å². The van der Waals surface area contributed by atoms with E-state index in [-0.39, 0.29) is 0 Å². The average Bonchev–Trinajstić information content (AvgIpc) is 3.02. The van der Waals surface area contributed by atoms with E-state index >= 15 is 0 Å². The van der Waals surface area contributed by atoms with Crippen LogP contribution in [0.1, 0.15) is 12.8 Å². The van der Waals surface area contributed by atoms with Gasteiger partial charge in [0.25, 0.3) is 0 Å². The zero-order chi connectivity index (χ0) is 13.1. The molecule has 0 saturated carbocycles. The number of aromatic nitrogens is 2. The van der Waals surface area contributed by atoms with Crippen LogP contribution in [0.3, 0.4) is 0 Å². The molecule has 3 rings (SSSR count). The van der Waals surface area contributed by atoms with Crippen molar-refractivity contribution in [2.24, 2.45) is 11.7 Å². The van der Waals surface area contributed by atoms with Crippen molar-refractivity contribution in [3.8, 4) is 11.5 Å². The Bertz CT molecular complexity index is 526. The van der Waals surface area contributed by atoms with Crippen LogP contribution in [0.2, 0.25) is 0 Å². The fourth-order valence-electron chi connectivity index (χ4n) is 2.50. The summed E-state index contributed by atoms with van der Waals surface area (Å²) < 4.78 is 5.38. The van der Waals surface area contributed by atoms with Gasteiger partial charge in [-0.3, -0.25) is 0 Å². The first kappa shape index (κ1) is 12.2. The van der Waals surface area contributed by atoms with Crippen LogP contribution in [-0.2, 0) is 0 Å². The van der Waals surface area contributed by atoms with Crippen LogP contribution < -0.4 is 10.6 Å². The Morgan fingerprint density at radius 1 is 1.42 bits per heavy atom. The molecule has 0 radical (unpaired) electrons. The molecule has 5 heteroatoms. The molecule has 19 heavy (non-hydrogen) atoms. The number of hydrogen-bond donors (Lipinski definition) is 1. The van der Waals surface area contributed by atoms with Crippen LogP contribution in [0.5, 0.6) is 0 Å². The minimum absolute atomic E-state index is 0.546. The van der Waals surface area contributed by atoms with Gasteiger partial charge in [0.05, 0.1) is 6.26 Å². The SMILES string of the molecule is NCC1CCCN(c2nccc(-c3ccco3)n2)C1. The molecular weight excluding hydrogens is 240 g/mol. The molecule has 0 aliphatic carbocycles. The van der Waals surface area contributed by atoms with E-state index in [0.717, 1.165) is 43.5 Å². The summed E-state index contributed by atoms with van der Waals surface area (Å²) in [6, 6.07) is 5.64. The van der Waals surface area contributed by atoms with Gasteiger partial charge >= 0.3 is 0 Å². The fourth-order valence-corrected chi connectivity index (χ4v) is 2.50. The zero-order valence-electron chi connectivity index (χ0n) is 10.8. The van der Waals surface area contributed by atoms with E-state index in [2.05, 4.69) is 14.9 Å². The van der Waals surface area contributed by atoms with Crippen molar-refractivity contribution >= 4 is 5.95 Å². The quantitative estimate of drug-likeness (QED) is 0.910. The van der Waals surface area contributed by atoms with Gasteiger partial charge in [0.2, 0.25) is 5.95 Å². The number of nitrogens with two attached hydrogens (primary N) is 1. The molecule has 1 aliphatic rings. The first-order valence-electron chi connectivity index (χ1n) is 6.69. The summed E-state index contributed by atoms with van der Waals surface area (Å²) in [6.07, 6.45) is 5.79. The molecule has 2 aromatic rings. The van der Waals surface area contributed by atoms with Gasteiger partial charge in [0.1, 0.15) is 5.69 Å². The normalized spacial score (nSPS) is 19.6. The maximum absolute atomic E-state index is 5.77. The fraction of sp³-hybridized carbons (Fsp3) is 0.429. The molecule has 1 aliphatic heterocycles. The largest absolute Gasteiger partial charge is 0.463 e. The highest BCUT2D eigenvalue weighted by Crippen LogP contribution is 2.22. The molecule has 1 atom stereocenters. The van der Waals surface area contributed by atoms with E-state index < -0.39 is 0 Å². The highest BCUT2D eigenvalue weighted by Gasteiger charge is 2.21. The molecule has 5 nitrogen and oxygen atoms in total. The van der Waals surface area contributed by atoms with Crippen molar-refractivity contribution in [1.29, 1.82) is 0 Å². The van der Waals surface area contributed by atoms with Crippen molar-refractivity contribution in [2.75, 3.05) is 24.5 Å². The second kappa shape index (κ2) is 5.40. The second-order valence-corrected chi connectivity index (χ2v) is 4.91. The van der Waals surface area contributed by atoms with E-state index in [1.54, 1.807) is 12.5 Å². The van der Waals surface area contributed by atoms with Gasteiger partial charge in [-0.05, 0) is 43.5 Å². The van der Waals surface area contributed by atoms with Crippen molar-refractivity contribution < 1.29 is 4.42 Å². The molecule has 0 bridgehead atoms. The molecule has 1 saturated heterocycles. The molecule has 0 amide bonds. The van der Waals surface area contributed by atoms with Crippen LogP contribution in [0.15, 0.2) is 35.1 Å². The zero-order valence-corrected chi connectivity index (χ0v) is 10.8. The van der Waals surface area contributed by atoms with Gasteiger partial charge < -0.3 is 15.1 Å². The van der Waals surface area contributed by atoms with Crippen molar-refractivity contribution in [2.45, 2.75) is 12.8 Å². The van der Waals surface area contributed by atoms with Crippen LogP contribution >= 0.6 is 0 Å².